The number of allylic oxidation sites excluding steroid dienone is 1. The summed E-state index contributed by atoms with van der Waals surface area (Å²) in [5, 5.41) is 1.35. The molecule has 132 valence electrons. The van der Waals surface area contributed by atoms with Crippen molar-refractivity contribution in [2.45, 2.75) is 26.2 Å². The third kappa shape index (κ3) is 2.71. The fourth-order valence-corrected chi connectivity index (χ4v) is 4.35. The number of aromatic nitrogens is 1. The van der Waals surface area contributed by atoms with E-state index >= 15 is 0 Å². The van der Waals surface area contributed by atoms with Crippen molar-refractivity contribution in [3.8, 4) is 11.1 Å². The average molecular weight is 349 g/mol. The van der Waals surface area contributed by atoms with Crippen molar-refractivity contribution in [3.63, 3.8) is 0 Å². The zero-order valence-corrected chi connectivity index (χ0v) is 15.8. The summed E-state index contributed by atoms with van der Waals surface area (Å²) in [5.41, 5.74) is 10.7. The molecular formula is C26H23N. The van der Waals surface area contributed by atoms with Crippen molar-refractivity contribution in [2.24, 2.45) is 0 Å². The second kappa shape index (κ2) is 6.28. The lowest BCUT2D eigenvalue weighted by Gasteiger charge is -2.20. The quantitative estimate of drug-likeness (QED) is 0.409. The molecule has 1 N–H and O–H groups in total. The Balaban J connectivity index is 1.57. The van der Waals surface area contributed by atoms with E-state index in [1.54, 1.807) is 0 Å². The molecule has 3 aromatic carbocycles. The third-order valence-electron chi connectivity index (χ3n) is 5.89. The van der Waals surface area contributed by atoms with Crippen LogP contribution in [0.25, 0.3) is 28.1 Å². The largest absolute Gasteiger partial charge is 0.355 e. The van der Waals surface area contributed by atoms with E-state index in [9.17, 15) is 0 Å². The smallest absolute Gasteiger partial charge is 0.0461 e. The number of fused-ring (bicyclic) bond motifs is 3. The maximum atomic E-state index is 3.56. The maximum absolute atomic E-state index is 3.56. The minimum absolute atomic E-state index is 0.417. The Hall–Kier alpha value is -3.06. The van der Waals surface area contributed by atoms with Crippen molar-refractivity contribution in [1.82, 2.24) is 4.98 Å². The Kier molecular flexibility index (Phi) is 3.75. The van der Waals surface area contributed by atoms with Crippen LogP contribution in [0, 0.1) is 13.8 Å². The predicted octanol–water partition coefficient (Wildman–Crippen LogP) is 6.80. The molecule has 0 aliphatic heterocycles. The van der Waals surface area contributed by atoms with Gasteiger partial charge in [-0.05, 0) is 65.8 Å². The average Bonchev–Trinajstić information content (AvgIpc) is 3.07. The lowest BCUT2D eigenvalue weighted by atomic mass is 9.84. The highest BCUT2D eigenvalue weighted by atomic mass is 14.7. The number of rotatable bonds is 2. The van der Waals surface area contributed by atoms with Gasteiger partial charge in [-0.25, -0.2) is 0 Å². The zero-order chi connectivity index (χ0) is 18.4. The van der Waals surface area contributed by atoms with Gasteiger partial charge in [0.2, 0.25) is 0 Å². The van der Waals surface area contributed by atoms with Crippen LogP contribution in [0.4, 0.5) is 0 Å². The Bertz CT molecular complexity index is 1180. The molecule has 0 fully saturated rings. The molecule has 0 saturated carbocycles. The molecule has 1 nitrogen and oxygen atoms in total. The molecule has 0 spiro atoms. The number of para-hydroxylation sites is 1. The van der Waals surface area contributed by atoms with Crippen molar-refractivity contribution >= 4 is 17.0 Å². The number of aromatic amines is 1. The lowest BCUT2D eigenvalue weighted by molar-refractivity contribution is 0.831. The van der Waals surface area contributed by atoms with Gasteiger partial charge < -0.3 is 4.98 Å². The molecule has 1 aliphatic rings. The first-order valence-electron chi connectivity index (χ1n) is 9.65. The van der Waals surface area contributed by atoms with Crippen LogP contribution in [-0.2, 0) is 6.42 Å². The van der Waals surface area contributed by atoms with Crippen LogP contribution < -0.4 is 0 Å². The predicted molar refractivity (Wildman–Crippen MR) is 115 cm³/mol. The van der Waals surface area contributed by atoms with E-state index in [-0.39, 0.29) is 0 Å². The minimum atomic E-state index is 0.417. The molecule has 1 unspecified atom stereocenters. The van der Waals surface area contributed by atoms with E-state index < -0.39 is 0 Å². The van der Waals surface area contributed by atoms with Crippen LogP contribution in [0.2, 0.25) is 0 Å². The molecule has 1 aromatic heterocycles. The van der Waals surface area contributed by atoms with Gasteiger partial charge in [0.05, 0.1) is 0 Å². The highest BCUT2D eigenvalue weighted by molar-refractivity contribution is 5.88. The number of aryl methyl sites for hydroxylation is 2. The highest BCUT2D eigenvalue weighted by Gasteiger charge is 2.20. The van der Waals surface area contributed by atoms with Gasteiger partial charge in [-0.2, -0.15) is 0 Å². The summed E-state index contributed by atoms with van der Waals surface area (Å²) >= 11 is 0. The Labute approximate surface area is 160 Å². The first kappa shape index (κ1) is 16.1. The second-order valence-electron chi connectivity index (χ2n) is 7.62. The van der Waals surface area contributed by atoms with Crippen LogP contribution in [-0.4, -0.2) is 4.98 Å². The molecule has 1 heterocycles. The fraction of sp³-hybridized carbons (Fsp3) is 0.154. The highest BCUT2D eigenvalue weighted by Crippen LogP contribution is 2.36. The molecular weight excluding hydrogens is 326 g/mol. The van der Waals surface area contributed by atoms with Gasteiger partial charge in [-0.1, -0.05) is 66.7 Å². The molecule has 4 aromatic rings. The number of nitrogens with one attached hydrogen (secondary N) is 1. The van der Waals surface area contributed by atoms with Crippen LogP contribution in [0.15, 0.2) is 72.8 Å². The van der Waals surface area contributed by atoms with Gasteiger partial charge in [0.15, 0.2) is 0 Å². The van der Waals surface area contributed by atoms with Crippen LogP contribution in [0.1, 0.15) is 33.9 Å². The molecule has 1 heteroatoms. The normalized spacial score (nSPS) is 15.9. The van der Waals surface area contributed by atoms with E-state index in [0.29, 0.717) is 5.92 Å². The van der Waals surface area contributed by atoms with Gasteiger partial charge in [-0.3, -0.25) is 0 Å². The first-order valence-corrected chi connectivity index (χ1v) is 9.65. The van der Waals surface area contributed by atoms with Gasteiger partial charge >= 0.3 is 0 Å². The standard InChI is InChI=1S/C26H23N/c1-17-7-3-4-8-21(17)23-15-19(12-11-18(23)2)20-13-14-26-24(16-20)22-9-5-6-10-25(22)27-26/h3-15,20,27H,16H2,1-2H3. The molecule has 0 amide bonds. The maximum Gasteiger partial charge on any atom is 0.0461 e. The van der Waals surface area contributed by atoms with Crippen molar-refractivity contribution < 1.29 is 0 Å². The van der Waals surface area contributed by atoms with E-state index in [2.05, 4.69) is 97.7 Å². The molecule has 0 radical (unpaired) electrons. The summed E-state index contributed by atoms with van der Waals surface area (Å²) in [4.78, 5) is 3.56. The minimum Gasteiger partial charge on any atom is -0.355 e. The lowest BCUT2D eigenvalue weighted by Crippen LogP contribution is -2.05. The van der Waals surface area contributed by atoms with Crippen molar-refractivity contribution in [1.29, 1.82) is 0 Å². The molecule has 0 saturated heterocycles. The second-order valence-corrected chi connectivity index (χ2v) is 7.62. The number of benzene rings is 3. The number of hydrogen-bond acceptors (Lipinski definition) is 0. The summed E-state index contributed by atoms with van der Waals surface area (Å²) in [5.74, 6) is 0.417. The van der Waals surface area contributed by atoms with Gasteiger partial charge in [0.1, 0.15) is 0 Å². The summed E-state index contributed by atoms with van der Waals surface area (Å²) in [6, 6.07) is 24.3. The van der Waals surface area contributed by atoms with Crippen molar-refractivity contribution in [2.75, 3.05) is 0 Å². The fourth-order valence-electron chi connectivity index (χ4n) is 4.35. The Morgan fingerprint density at radius 2 is 1.59 bits per heavy atom. The monoisotopic (exact) mass is 349 g/mol. The Morgan fingerprint density at radius 3 is 2.48 bits per heavy atom. The molecule has 5 rings (SSSR count). The number of H-pyrrole nitrogens is 1. The van der Waals surface area contributed by atoms with Crippen molar-refractivity contribution in [3.05, 3.63) is 101 Å². The van der Waals surface area contributed by atoms with Crippen LogP contribution in [0.5, 0.6) is 0 Å². The topological polar surface area (TPSA) is 15.8 Å². The third-order valence-corrected chi connectivity index (χ3v) is 5.89. The first-order chi connectivity index (χ1) is 13.2. The SMILES string of the molecule is Cc1ccccc1-c1cc(C2C=Cc3[nH]c4ccccc4c3C2)ccc1C. The summed E-state index contributed by atoms with van der Waals surface area (Å²) in [6.45, 7) is 4.40. The van der Waals surface area contributed by atoms with E-state index in [4.69, 9.17) is 0 Å². The van der Waals surface area contributed by atoms with Crippen LogP contribution in [0.3, 0.4) is 0 Å². The van der Waals surface area contributed by atoms with Gasteiger partial charge in [0.25, 0.3) is 0 Å². The molecule has 1 atom stereocenters. The Morgan fingerprint density at radius 1 is 0.815 bits per heavy atom. The van der Waals surface area contributed by atoms with Gasteiger partial charge in [-0.15, -0.1) is 0 Å². The number of hydrogen-bond donors (Lipinski definition) is 1. The summed E-state index contributed by atoms with van der Waals surface area (Å²) in [6.07, 6.45) is 5.66. The summed E-state index contributed by atoms with van der Waals surface area (Å²) in [7, 11) is 0. The molecule has 27 heavy (non-hydrogen) atoms. The molecule has 0 bridgehead atoms. The molecule has 1 aliphatic carbocycles. The van der Waals surface area contributed by atoms with E-state index in [1.807, 2.05) is 0 Å². The zero-order valence-electron chi connectivity index (χ0n) is 15.8. The van der Waals surface area contributed by atoms with E-state index in [0.717, 1.165) is 6.42 Å². The summed E-state index contributed by atoms with van der Waals surface area (Å²) < 4.78 is 0. The van der Waals surface area contributed by atoms with E-state index in [1.165, 1.54) is 50.0 Å². The van der Waals surface area contributed by atoms with Gasteiger partial charge in [0, 0.05) is 22.5 Å². The van der Waals surface area contributed by atoms with Crippen LogP contribution >= 0.6 is 0 Å².